The Labute approximate surface area is 175 Å². The van der Waals surface area contributed by atoms with Gasteiger partial charge in [0, 0.05) is 11.6 Å². The van der Waals surface area contributed by atoms with Crippen molar-refractivity contribution in [3.63, 3.8) is 0 Å². The Morgan fingerprint density at radius 3 is 2.63 bits per heavy atom. The second kappa shape index (κ2) is 8.75. The van der Waals surface area contributed by atoms with Crippen LogP contribution in [0.15, 0.2) is 81.3 Å². The van der Waals surface area contributed by atoms with E-state index in [1.54, 1.807) is 22.9 Å². The molecule has 0 spiro atoms. The Bertz CT molecular complexity index is 1210. The van der Waals surface area contributed by atoms with Gasteiger partial charge in [0.25, 0.3) is 0 Å². The molecule has 0 atom stereocenters. The highest BCUT2D eigenvalue weighted by Crippen LogP contribution is 2.25. The van der Waals surface area contributed by atoms with Crippen molar-refractivity contribution >= 4 is 11.8 Å². The van der Waals surface area contributed by atoms with E-state index < -0.39 is 11.2 Å². The van der Waals surface area contributed by atoms with Crippen LogP contribution in [-0.2, 0) is 12.3 Å². The van der Waals surface area contributed by atoms with Crippen molar-refractivity contribution in [1.29, 1.82) is 0 Å². The minimum Gasteiger partial charge on any atom is -0.508 e. The molecule has 0 radical (unpaired) electrons. The summed E-state index contributed by atoms with van der Waals surface area (Å²) in [6.07, 6.45) is 1.03. The van der Waals surface area contributed by atoms with Crippen LogP contribution in [0.5, 0.6) is 11.5 Å². The number of thioether (sulfide) groups is 1. The third-order valence-electron chi connectivity index (χ3n) is 4.23. The summed E-state index contributed by atoms with van der Waals surface area (Å²) in [5.41, 5.74) is 4.57. The van der Waals surface area contributed by atoms with E-state index in [-0.39, 0.29) is 5.75 Å². The van der Waals surface area contributed by atoms with E-state index in [2.05, 4.69) is 15.6 Å². The van der Waals surface area contributed by atoms with Crippen molar-refractivity contribution in [1.82, 2.24) is 14.9 Å². The number of nitrogens with zero attached hydrogens (tertiary/aromatic N) is 3. The first-order valence-electron chi connectivity index (χ1n) is 9.06. The molecule has 0 aliphatic rings. The topological polar surface area (TPSA) is 113 Å². The highest BCUT2D eigenvalue weighted by molar-refractivity contribution is 7.98. The highest BCUT2D eigenvalue weighted by atomic mass is 32.2. The van der Waals surface area contributed by atoms with Gasteiger partial charge < -0.3 is 20.1 Å². The molecular formula is C21H18N4O4S. The molecule has 0 unspecified atom stereocenters. The van der Waals surface area contributed by atoms with E-state index in [9.17, 15) is 15.0 Å². The average molecular weight is 422 g/mol. The number of phenolic OH excluding ortho intramolecular Hbond substituents is 1. The van der Waals surface area contributed by atoms with E-state index in [0.717, 1.165) is 17.4 Å². The lowest BCUT2D eigenvalue weighted by Gasteiger charge is -2.13. The molecule has 0 bridgehead atoms. The van der Waals surface area contributed by atoms with Gasteiger partial charge in [-0.05, 0) is 17.7 Å². The Morgan fingerprint density at radius 1 is 1.03 bits per heavy atom. The smallest absolute Gasteiger partial charge is 0.226 e. The van der Waals surface area contributed by atoms with Gasteiger partial charge in [0.1, 0.15) is 17.8 Å². The first-order valence-corrected chi connectivity index (χ1v) is 10.0. The molecule has 0 amide bonds. The molecule has 4 rings (SSSR count). The maximum atomic E-state index is 11.6. The monoisotopic (exact) mass is 422 g/mol. The summed E-state index contributed by atoms with van der Waals surface area (Å²) < 4.78 is 7.02. The van der Waals surface area contributed by atoms with Crippen molar-refractivity contribution in [3.05, 3.63) is 88.5 Å². The van der Waals surface area contributed by atoms with Crippen LogP contribution in [0.4, 0.5) is 0 Å². The predicted molar refractivity (Wildman–Crippen MR) is 113 cm³/mol. The first-order chi connectivity index (χ1) is 14.6. The second-order valence-electron chi connectivity index (χ2n) is 6.40. The first kappa shape index (κ1) is 19.6. The summed E-state index contributed by atoms with van der Waals surface area (Å²) in [5.74, 6) is 1.14. The normalized spacial score (nSPS) is 10.8. The molecule has 4 aromatic rings. The standard InChI is InChI=1S/C21H18N4O4S/c26-16-8-4-5-14(9-16)11-22-25-20(15-6-2-1-3-7-15)23-24-21(25)30-13-17-10-18(27)19(28)12-29-17/h1-10,12,22,26,28H,11,13H2. The number of hydrogen-bond donors (Lipinski definition) is 3. The minimum absolute atomic E-state index is 0.193. The molecule has 30 heavy (non-hydrogen) atoms. The average Bonchev–Trinajstić information content (AvgIpc) is 3.16. The van der Waals surface area contributed by atoms with Gasteiger partial charge in [-0.1, -0.05) is 54.2 Å². The van der Waals surface area contributed by atoms with Crippen molar-refractivity contribution < 1.29 is 14.6 Å². The largest absolute Gasteiger partial charge is 0.508 e. The maximum Gasteiger partial charge on any atom is 0.226 e. The van der Waals surface area contributed by atoms with Crippen LogP contribution in [-0.4, -0.2) is 25.1 Å². The van der Waals surface area contributed by atoms with Gasteiger partial charge in [-0.3, -0.25) is 4.79 Å². The summed E-state index contributed by atoms with van der Waals surface area (Å²) in [5, 5.41) is 28.2. The van der Waals surface area contributed by atoms with Crippen molar-refractivity contribution in [2.45, 2.75) is 17.5 Å². The molecule has 2 aromatic heterocycles. The predicted octanol–water partition coefficient (Wildman–Crippen LogP) is 3.35. The molecular weight excluding hydrogens is 404 g/mol. The van der Waals surface area contributed by atoms with Gasteiger partial charge in [-0.25, -0.2) is 4.68 Å². The zero-order valence-electron chi connectivity index (χ0n) is 15.7. The van der Waals surface area contributed by atoms with Crippen LogP contribution in [0.25, 0.3) is 11.4 Å². The zero-order chi connectivity index (χ0) is 20.9. The SMILES string of the molecule is O=c1cc(CSc2nnc(-c3ccccc3)n2NCc2cccc(O)c2)occ1O. The lowest BCUT2D eigenvalue weighted by Crippen LogP contribution is -2.17. The van der Waals surface area contributed by atoms with Crippen LogP contribution < -0.4 is 10.9 Å². The summed E-state index contributed by atoms with van der Waals surface area (Å²) in [7, 11) is 0. The number of nitrogens with one attached hydrogen (secondary N) is 1. The van der Waals surface area contributed by atoms with Gasteiger partial charge in [0.2, 0.25) is 10.6 Å². The third kappa shape index (κ3) is 4.47. The Kier molecular flexibility index (Phi) is 5.71. The summed E-state index contributed by atoms with van der Waals surface area (Å²) in [6, 6.07) is 17.9. The third-order valence-corrected chi connectivity index (χ3v) is 5.18. The second-order valence-corrected chi connectivity index (χ2v) is 7.34. The number of benzene rings is 2. The quantitative estimate of drug-likeness (QED) is 0.389. The fourth-order valence-electron chi connectivity index (χ4n) is 2.77. The molecule has 2 aromatic carbocycles. The van der Waals surface area contributed by atoms with E-state index >= 15 is 0 Å². The summed E-state index contributed by atoms with van der Waals surface area (Å²) >= 11 is 1.33. The molecule has 9 heteroatoms. The fourth-order valence-corrected chi connectivity index (χ4v) is 3.57. The van der Waals surface area contributed by atoms with Gasteiger partial charge >= 0.3 is 0 Å². The highest BCUT2D eigenvalue weighted by Gasteiger charge is 2.15. The lowest BCUT2D eigenvalue weighted by molar-refractivity contribution is 0.419. The van der Waals surface area contributed by atoms with Crippen LogP contribution in [0.1, 0.15) is 11.3 Å². The molecule has 3 N–H and O–H groups in total. The Hall–Kier alpha value is -3.72. The van der Waals surface area contributed by atoms with Crippen LogP contribution >= 0.6 is 11.8 Å². The number of aromatic nitrogens is 3. The number of rotatable bonds is 7. The number of hydrogen-bond acceptors (Lipinski definition) is 8. The minimum atomic E-state index is -0.495. The van der Waals surface area contributed by atoms with Crippen molar-refractivity contribution in [2.75, 3.05) is 5.43 Å². The van der Waals surface area contributed by atoms with E-state index in [0.29, 0.717) is 29.0 Å². The van der Waals surface area contributed by atoms with Gasteiger partial charge in [-0.2, -0.15) is 0 Å². The lowest BCUT2D eigenvalue weighted by atomic mass is 10.2. The van der Waals surface area contributed by atoms with Crippen LogP contribution in [0, 0.1) is 0 Å². The molecule has 0 aliphatic carbocycles. The van der Waals surface area contributed by atoms with E-state index in [1.807, 2.05) is 36.4 Å². The van der Waals surface area contributed by atoms with E-state index in [4.69, 9.17) is 4.42 Å². The van der Waals surface area contributed by atoms with Crippen LogP contribution in [0.3, 0.4) is 0 Å². The Morgan fingerprint density at radius 2 is 1.87 bits per heavy atom. The maximum absolute atomic E-state index is 11.6. The van der Waals surface area contributed by atoms with Gasteiger partial charge in [0.15, 0.2) is 11.6 Å². The van der Waals surface area contributed by atoms with Crippen LogP contribution in [0.2, 0.25) is 0 Å². The molecule has 2 heterocycles. The molecule has 0 saturated carbocycles. The molecule has 0 saturated heterocycles. The molecule has 8 nitrogen and oxygen atoms in total. The number of aromatic hydroxyl groups is 2. The van der Waals surface area contributed by atoms with Crippen molar-refractivity contribution in [2.24, 2.45) is 0 Å². The zero-order valence-corrected chi connectivity index (χ0v) is 16.5. The van der Waals surface area contributed by atoms with E-state index in [1.165, 1.54) is 17.8 Å². The van der Waals surface area contributed by atoms with Gasteiger partial charge in [0.05, 0.1) is 12.3 Å². The molecule has 152 valence electrons. The summed E-state index contributed by atoms with van der Waals surface area (Å²) in [4.78, 5) is 11.6. The van der Waals surface area contributed by atoms with Crippen molar-refractivity contribution in [3.8, 4) is 22.9 Å². The molecule has 0 aliphatic heterocycles. The summed E-state index contributed by atoms with van der Waals surface area (Å²) in [6.45, 7) is 0.439. The fraction of sp³-hybridized carbons (Fsp3) is 0.0952. The van der Waals surface area contributed by atoms with Gasteiger partial charge in [-0.15, -0.1) is 10.2 Å². The number of phenols is 1. The molecule has 0 fully saturated rings. The Balaban J connectivity index is 1.59.